The predicted octanol–water partition coefficient (Wildman–Crippen LogP) is 6.08. The molecule has 1 heterocycles. The number of primary amides is 1. The number of hydrogen-bond donors (Lipinski definition) is 3. The number of ether oxygens (including phenoxy) is 4. The highest BCUT2D eigenvalue weighted by atomic mass is 35.5. The number of nitrogens with two attached hydrogens (primary N) is 2. The minimum absolute atomic E-state index is 0.0501. The van der Waals surface area contributed by atoms with Crippen molar-refractivity contribution in [1.82, 2.24) is 9.88 Å². The van der Waals surface area contributed by atoms with Crippen molar-refractivity contribution in [2.45, 2.75) is 52.1 Å². The van der Waals surface area contributed by atoms with Crippen molar-refractivity contribution >= 4 is 46.4 Å². The fourth-order valence-electron chi connectivity index (χ4n) is 4.14. The standard InChI is InChI=1S/C30H35ClF3N5O6/c1-29(2,3)45-28(41)39(17-18-6-9-24(22(31)14-18)44-30(32,33)34)10-4-5-11-42-12-13-43-27-25(36)21(16-35)20-8-7-19(26(37)40)15-23(20)38-27/h6-9,14-16,35H,4-5,10-13,17,36H2,1-3H3,(H2,37,40). The number of alkyl halides is 3. The number of amides is 2. The van der Waals surface area contributed by atoms with E-state index >= 15 is 0 Å². The van der Waals surface area contributed by atoms with Crippen molar-refractivity contribution in [2.24, 2.45) is 5.73 Å². The summed E-state index contributed by atoms with van der Waals surface area (Å²) in [6, 6.07) is 8.45. The number of carbonyl (C=O) groups excluding carboxylic acids is 2. The number of aromatic nitrogens is 1. The van der Waals surface area contributed by atoms with E-state index < -0.39 is 29.7 Å². The number of unbranched alkanes of at least 4 members (excludes halogenated alkanes) is 1. The van der Waals surface area contributed by atoms with Gasteiger partial charge in [-0.05, 0) is 63.4 Å². The molecular weight excluding hydrogens is 619 g/mol. The van der Waals surface area contributed by atoms with E-state index in [2.05, 4.69) is 9.72 Å². The Kier molecular flexibility index (Phi) is 11.8. The highest BCUT2D eigenvalue weighted by Crippen LogP contribution is 2.32. The van der Waals surface area contributed by atoms with Gasteiger partial charge < -0.3 is 40.7 Å². The van der Waals surface area contributed by atoms with Crippen LogP contribution in [-0.4, -0.2) is 66.4 Å². The zero-order valence-corrected chi connectivity index (χ0v) is 25.8. The number of benzene rings is 2. The molecule has 0 bridgehead atoms. The van der Waals surface area contributed by atoms with Crippen molar-refractivity contribution in [2.75, 3.05) is 32.1 Å². The second-order valence-electron chi connectivity index (χ2n) is 10.9. The summed E-state index contributed by atoms with van der Waals surface area (Å²) < 4.78 is 58.5. The number of carbonyl (C=O) groups is 2. The topological polar surface area (TPSA) is 163 Å². The Hall–Kier alpha value is -4.30. The van der Waals surface area contributed by atoms with E-state index in [0.717, 1.165) is 12.3 Å². The van der Waals surface area contributed by atoms with Crippen LogP contribution >= 0.6 is 11.6 Å². The second kappa shape index (κ2) is 15.1. The van der Waals surface area contributed by atoms with Gasteiger partial charge in [-0.1, -0.05) is 23.7 Å². The average Bonchev–Trinajstić information content (AvgIpc) is 2.93. The smallest absolute Gasteiger partial charge is 0.474 e. The summed E-state index contributed by atoms with van der Waals surface area (Å²) in [5.74, 6) is -1.06. The van der Waals surface area contributed by atoms with Crippen molar-refractivity contribution in [1.29, 1.82) is 5.41 Å². The Morgan fingerprint density at radius 1 is 1.07 bits per heavy atom. The lowest BCUT2D eigenvalue weighted by molar-refractivity contribution is -0.274. The van der Waals surface area contributed by atoms with Crippen LogP contribution in [0.2, 0.25) is 5.02 Å². The molecule has 15 heteroatoms. The van der Waals surface area contributed by atoms with Gasteiger partial charge in [0.25, 0.3) is 0 Å². The zero-order valence-electron chi connectivity index (χ0n) is 25.0. The fourth-order valence-corrected chi connectivity index (χ4v) is 4.38. The maximum Gasteiger partial charge on any atom is 0.573 e. The Labute approximate surface area is 263 Å². The van der Waals surface area contributed by atoms with Gasteiger partial charge in [0.2, 0.25) is 11.8 Å². The highest BCUT2D eigenvalue weighted by Gasteiger charge is 2.32. The van der Waals surface area contributed by atoms with Crippen LogP contribution in [0.4, 0.5) is 23.7 Å². The molecule has 0 radical (unpaired) electrons. The maximum atomic E-state index is 12.8. The van der Waals surface area contributed by atoms with Gasteiger partial charge in [-0.2, -0.15) is 0 Å². The van der Waals surface area contributed by atoms with Crippen molar-refractivity contribution < 1.29 is 41.7 Å². The number of anilines is 1. The molecule has 0 spiro atoms. The normalized spacial score (nSPS) is 11.7. The molecule has 2 aromatic carbocycles. The molecule has 0 fully saturated rings. The Bertz CT molecular complexity index is 1530. The molecular formula is C30H35ClF3N5O6. The predicted molar refractivity (Wildman–Crippen MR) is 163 cm³/mol. The van der Waals surface area contributed by atoms with E-state index in [9.17, 15) is 22.8 Å². The summed E-state index contributed by atoms with van der Waals surface area (Å²) >= 11 is 5.97. The molecule has 0 aliphatic rings. The van der Waals surface area contributed by atoms with E-state index in [-0.39, 0.29) is 48.5 Å². The SMILES string of the molecule is CC(C)(C)OC(=O)N(CCCCOCCOc1nc2cc(C(N)=O)ccc2c(C=N)c1N)Cc1ccc(OC(F)(F)F)c(Cl)c1. The summed E-state index contributed by atoms with van der Waals surface area (Å²) in [4.78, 5) is 30.2. The van der Waals surface area contributed by atoms with E-state index in [4.69, 9.17) is 42.7 Å². The number of pyridine rings is 1. The van der Waals surface area contributed by atoms with E-state index in [0.29, 0.717) is 41.5 Å². The molecule has 0 atom stereocenters. The summed E-state index contributed by atoms with van der Waals surface area (Å²) in [7, 11) is 0. The summed E-state index contributed by atoms with van der Waals surface area (Å²) in [6.45, 7) is 6.16. The molecule has 0 saturated carbocycles. The van der Waals surface area contributed by atoms with Crippen LogP contribution in [-0.2, 0) is 16.0 Å². The third kappa shape index (κ3) is 10.7. The van der Waals surface area contributed by atoms with Gasteiger partial charge in [-0.15, -0.1) is 13.2 Å². The monoisotopic (exact) mass is 653 g/mol. The first-order valence-corrected chi connectivity index (χ1v) is 14.2. The minimum Gasteiger partial charge on any atom is -0.474 e. The van der Waals surface area contributed by atoms with Gasteiger partial charge in [-0.3, -0.25) is 4.79 Å². The molecule has 244 valence electrons. The van der Waals surface area contributed by atoms with Crippen molar-refractivity contribution in [3.8, 4) is 11.6 Å². The average molecular weight is 654 g/mol. The van der Waals surface area contributed by atoms with Crippen LogP contribution < -0.4 is 20.9 Å². The van der Waals surface area contributed by atoms with Gasteiger partial charge in [0.1, 0.15) is 23.6 Å². The molecule has 1 aromatic heterocycles. The Morgan fingerprint density at radius 2 is 1.80 bits per heavy atom. The van der Waals surface area contributed by atoms with Crippen LogP contribution in [0.15, 0.2) is 36.4 Å². The molecule has 0 unspecified atom stereocenters. The highest BCUT2D eigenvalue weighted by molar-refractivity contribution is 6.32. The number of nitrogen functional groups attached to an aromatic ring is 1. The first kappa shape index (κ1) is 35.2. The van der Waals surface area contributed by atoms with Gasteiger partial charge in [0.05, 0.1) is 17.1 Å². The first-order chi connectivity index (χ1) is 21.1. The Balaban J connectivity index is 1.52. The van der Waals surface area contributed by atoms with Crippen molar-refractivity contribution in [3.05, 3.63) is 58.1 Å². The van der Waals surface area contributed by atoms with E-state index in [1.165, 1.54) is 29.2 Å². The van der Waals surface area contributed by atoms with Crippen LogP contribution in [0.1, 0.15) is 55.1 Å². The van der Waals surface area contributed by atoms with E-state index in [1.807, 2.05) is 0 Å². The van der Waals surface area contributed by atoms with Crippen LogP contribution in [0.3, 0.4) is 0 Å². The molecule has 3 rings (SSSR count). The number of rotatable bonds is 14. The van der Waals surface area contributed by atoms with Gasteiger partial charge in [-0.25, -0.2) is 9.78 Å². The summed E-state index contributed by atoms with van der Waals surface area (Å²) in [6.07, 6.45) is -3.28. The fraction of sp³-hybridized carbons (Fsp3) is 0.400. The molecule has 5 N–H and O–H groups in total. The minimum atomic E-state index is -4.88. The van der Waals surface area contributed by atoms with Gasteiger partial charge in [0.15, 0.2) is 0 Å². The largest absolute Gasteiger partial charge is 0.573 e. The molecule has 0 aliphatic heterocycles. The zero-order chi connectivity index (χ0) is 33.4. The van der Waals surface area contributed by atoms with E-state index in [1.54, 1.807) is 26.8 Å². The quantitative estimate of drug-likeness (QED) is 0.139. The molecule has 3 aromatic rings. The first-order valence-electron chi connectivity index (χ1n) is 13.8. The molecule has 0 saturated heterocycles. The van der Waals surface area contributed by atoms with Crippen LogP contribution in [0.5, 0.6) is 11.6 Å². The number of nitrogens with one attached hydrogen (secondary N) is 1. The molecule has 11 nitrogen and oxygen atoms in total. The lowest BCUT2D eigenvalue weighted by Crippen LogP contribution is -2.37. The Morgan fingerprint density at radius 3 is 2.42 bits per heavy atom. The lowest BCUT2D eigenvalue weighted by Gasteiger charge is -2.27. The summed E-state index contributed by atoms with van der Waals surface area (Å²) in [5.41, 5.74) is 12.5. The number of fused-ring (bicyclic) bond motifs is 1. The summed E-state index contributed by atoms with van der Waals surface area (Å²) in [5, 5.41) is 8.07. The third-order valence-electron chi connectivity index (χ3n) is 6.14. The third-order valence-corrected chi connectivity index (χ3v) is 6.43. The molecule has 0 aliphatic carbocycles. The number of nitrogens with zero attached hydrogens (tertiary/aromatic N) is 2. The lowest BCUT2D eigenvalue weighted by atomic mass is 10.1. The molecule has 2 amide bonds. The van der Waals surface area contributed by atoms with Crippen LogP contribution in [0, 0.1) is 5.41 Å². The number of halogens is 4. The van der Waals surface area contributed by atoms with Gasteiger partial charge >= 0.3 is 12.5 Å². The van der Waals surface area contributed by atoms with Gasteiger partial charge in [0, 0.05) is 42.4 Å². The van der Waals surface area contributed by atoms with Crippen LogP contribution in [0.25, 0.3) is 10.9 Å². The number of hydrogen-bond acceptors (Lipinski definition) is 9. The second-order valence-corrected chi connectivity index (χ2v) is 11.3. The molecule has 45 heavy (non-hydrogen) atoms. The maximum absolute atomic E-state index is 12.8. The van der Waals surface area contributed by atoms with Crippen molar-refractivity contribution in [3.63, 3.8) is 0 Å².